The molecule has 0 aliphatic carbocycles. The van der Waals surface area contributed by atoms with E-state index in [1.54, 1.807) is 11.3 Å². The maximum absolute atomic E-state index is 11.9. The molecule has 176 valence electrons. The summed E-state index contributed by atoms with van der Waals surface area (Å²) in [5.41, 5.74) is 1.06. The first kappa shape index (κ1) is 24.8. The molecule has 1 aromatic heterocycles. The second-order valence-electron chi connectivity index (χ2n) is 9.81. The molecule has 5 nitrogen and oxygen atoms in total. The number of rotatable bonds is 10. The fourth-order valence-corrected chi connectivity index (χ4v) is 5.28. The molecule has 0 N–H and O–H groups in total. The van der Waals surface area contributed by atoms with E-state index in [1.165, 1.54) is 4.88 Å². The number of hydrogen-bond acceptors (Lipinski definition) is 6. The fraction of sp³-hybridized carbons (Fsp3) is 0.560. The van der Waals surface area contributed by atoms with E-state index in [2.05, 4.69) is 51.4 Å². The maximum Gasteiger partial charge on any atom is 0.408 e. The first-order valence-corrected chi connectivity index (χ1v) is 15.2. The third kappa shape index (κ3) is 6.36. The van der Waals surface area contributed by atoms with Crippen LogP contribution in [0.4, 0.5) is 0 Å². The summed E-state index contributed by atoms with van der Waals surface area (Å²) in [4.78, 5) is 13.3. The van der Waals surface area contributed by atoms with Gasteiger partial charge < -0.3 is 18.6 Å². The zero-order valence-electron chi connectivity index (χ0n) is 20.1. The van der Waals surface area contributed by atoms with Crippen molar-refractivity contribution >= 4 is 25.6 Å². The topological polar surface area (TPSA) is 54.0 Å². The van der Waals surface area contributed by atoms with E-state index in [1.807, 2.05) is 25.1 Å². The molecule has 0 spiro atoms. The molecule has 2 unspecified atom stereocenters. The molecule has 0 bridgehead atoms. The summed E-state index contributed by atoms with van der Waals surface area (Å²) in [6, 6.07) is 10.2. The van der Waals surface area contributed by atoms with Crippen LogP contribution in [0.25, 0.3) is 0 Å². The van der Waals surface area contributed by atoms with Gasteiger partial charge in [0.25, 0.3) is 0 Å². The lowest BCUT2D eigenvalue weighted by molar-refractivity contribution is -0.194. The number of fused-ring (bicyclic) bond motifs is 1. The van der Waals surface area contributed by atoms with E-state index in [-0.39, 0.29) is 17.1 Å². The number of carbonyl (C=O) groups is 1. The number of ether oxygens (including phenoxy) is 3. The largest absolute Gasteiger partial charge is 0.419 e. The molecular formula is C25H36O5SSi. The Balaban J connectivity index is 1.74. The lowest BCUT2D eigenvalue weighted by Gasteiger charge is -2.39. The van der Waals surface area contributed by atoms with Gasteiger partial charge in [-0.3, -0.25) is 4.79 Å². The minimum Gasteiger partial charge on any atom is -0.419 e. The first-order valence-electron chi connectivity index (χ1n) is 11.5. The Morgan fingerprint density at radius 2 is 1.94 bits per heavy atom. The van der Waals surface area contributed by atoms with E-state index in [9.17, 15) is 4.79 Å². The van der Waals surface area contributed by atoms with Crippen molar-refractivity contribution in [3.8, 4) is 11.5 Å². The summed E-state index contributed by atoms with van der Waals surface area (Å²) in [5.74, 6) is 0.877. The van der Waals surface area contributed by atoms with Crippen molar-refractivity contribution < 1.29 is 23.4 Å². The van der Waals surface area contributed by atoms with Crippen LogP contribution < -0.4 is 9.47 Å². The number of aryl methyl sites for hydroxylation is 1. The Labute approximate surface area is 197 Å². The van der Waals surface area contributed by atoms with Crippen molar-refractivity contribution in [2.24, 2.45) is 0 Å². The SMILES string of the molecule is CCCCC(=O)OC1Oc2ccc(C(CCc3cccs3)O[Si](C)(C)C(C)(C)C)cc2O1. The van der Waals surface area contributed by atoms with Gasteiger partial charge in [-0.15, -0.1) is 11.3 Å². The molecule has 3 rings (SSSR count). The normalized spacial score (nSPS) is 16.8. The van der Waals surface area contributed by atoms with Crippen LogP contribution in [0.2, 0.25) is 18.1 Å². The standard InChI is InChI=1S/C25H36O5SSi/c1-7-8-11-23(26)29-24-27-21-14-12-18(17-22(21)28-24)20(15-13-19-10-9-16-31-19)30-32(5,6)25(2,3)4/h9-10,12,14,16-17,20,24H,7-8,11,13,15H2,1-6H3. The summed E-state index contributed by atoms with van der Waals surface area (Å²) in [6.45, 7) is 12.4. The molecule has 0 saturated carbocycles. The van der Waals surface area contributed by atoms with Crippen LogP contribution in [-0.2, 0) is 20.4 Å². The summed E-state index contributed by atoms with van der Waals surface area (Å²) in [5, 5.41) is 2.23. The second-order valence-corrected chi connectivity index (χ2v) is 15.6. The monoisotopic (exact) mass is 476 g/mol. The maximum atomic E-state index is 11.9. The van der Waals surface area contributed by atoms with E-state index in [0.717, 1.165) is 31.2 Å². The third-order valence-electron chi connectivity index (χ3n) is 6.22. The van der Waals surface area contributed by atoms with Gasteiger partial charge in [0.05, 0.1) is 6.10 Å². The number of esters is 1. The first-order chi connectivity index (χ1) is 15.1. The van der Waals surface area contributed by atoms with Crippen LogP contribution in [-0.4, -0.2) is 20.8 Å². The Morgan fingerprint density at radius 1 is 1.19 bits per heavy atom. The second kappa shape index (κ2) is 10.4. The van der Waals surface area contributed by atoms with Gasteiger partial charge >= 0.3 is 12.4 Å². The molecule has 32 heavy (non-hydrogen) atoms. The highest BCUT2D eigenvalue weighted by Gasteiger charge is 2.40. The highest BCUT2D eigenvalue weighted by atomic mass is 32.1. The molecule has 7 heteroatoms. The molecule has 0 radical (unpaired) electrons. The average Bonchev–Trinajstić information content (AvgIpc) is 3.37. The smallest absolute Gasteiger partial charge is 0.408 e. The average molecular weight is 477 g/mol. The van der Waals surface area contributed by atoms with Gasteiger partial charge in [0, 0.05) is 11.3 Å². The molecule has 1 aromatic carbocycles. The Morgan fingerprint density at radius 3 is 2.59 bits per heavy atom. The van der Waals surface area contributed by atoms with Crippen LogP contribution in [0.15, 0.2) is 35.7 Å². The van der Waals surface area contributed by atoms with Gasteiger partial charge in [0.1, 0.15) is 0 Å². The number of hydrogen-bond donors (Lipinski definition) is 0. The van der Waals surface area contributed by atoms with Crippen molar-refractivity contribution in [3.05, 3.63) is 46.2 Å². The predicted octanol–water partition coefficient (Wildman–Crippen LogP) is 7.23. The van der Waals surface area contributed by atoms with Crippen molar-refractivity contribution in [1.82, 2.24) is 0 Å². The highest BCUT2D eigenvalue weighted by Crippen LogP contribution is 2.43. The Hall–Kier alpha value is -1.83. The number of thiophene rings is 1. The summed E-state index contributed by atoms with van der Waals surface area (Å²) in [6.07, 6.45) is 3.90. The number of carbonyl (C=O) groups excluding carboxylic acids is 1. The van der Waals surface area contributed by atoms with Crippen LogP contribution in [0.1, 0.15) is 69.9 Å². The van der Waals surface area contributed by atoms with Crippen molar-refractivity contribution in [3.63, 3.8) is 0 Å². The summed E-state index contributed by atoms with van der Waals surface area (Å²) < 4.78 is 23.6. The fourth-order valence-electron chi connectivity index (χ4n) is 3.24. The molecule has 2 heterocycles. The van der Waals surface area contributed by atoms with Crippen molar-refractivity contribution in [2.75, 3.05) is 0 Å². The van der Waals surface area contributed by atoms with Crippen LogP contribution in [0.3, 0.4) is 0 Å². The Bertz CT molecular complexity index is 888. The van der Waals surface area contributed by atoms with Gasteiger partial charge in [0.2, 0.25) is 0 Å². The Kier molecular flexibility index (Phi) is 8.06. The zero-order chi connectivity index (χ0) is 23.4. The van der Waals surface area contributed by atoms with E-state index in [0.29, 0.717) is 17.9 Å². The van der Waals surface area contributed by atoms with E-state index in [4.69, 9.17) is 18.6 Å². The molecule has 0 fully saturated rings. The van der Waals surface area contributed by atoms with Gasteiger partial charge in [0.15, 0.2) is 19.8 Å². The van der Waals surface area contributed by atoms with Crippen molar-refractivity contribution in [2.45, 2.75) is 90.5 Å². The highest BCUT2D eigenvalue weighted by molar-refractivity contribution is 7.09. The van der Waals surface area contributed by atoms with Crippen LogP contribution >= 0.6 is 11.3 Å². The summed E-state index contributed by atoms with van der Waals surface area (Å²) in [7, 11) is -1.98. The van der Waals surface area contributed by atoms with E-state index < -0.39 is 14.8 Å². The quantitative estimate of drug-likeness (QED) is 0.267. The molecule has 1 aliphatic heterocycles. The van der Waals surface area contributed by atoms with Gasteiger partial charge in [-0.25, -0.2) is 0 Å². The lowest BCUT2D eigenvalue weighted by Crippen LogP contribution is -2.41. The third-order valence-corrected chi connectivity index (χ3v) is 11.6. The van der Waals surface area contributed by atoms with Gasteiger partial charge in [-0.1, -0.05) is 46.2 Å². The number of unbranched alkanes of at least 4 members (excludes halogenated alkanes) is 1. The summed E-state index contributed by atoms with van der Waals surface area (Å²) >= 11 is 1.78. The minimum absolute atomic E-state index is 0.0435. The van der Waals surface area contributed by atoms with E-state index >= 15 is 0 Å². The predicted molar refractivity (Wildman–Crippen MR) is 131 cm³/mol. The molecule has 2 atom stereocenters. The van der Waals surface area contributed by atoms with Gasteiger partial charge in [-0.2, -0.15) is 0 Å². The van der Waals surface area contributed by atoms with Crippen molar-refractivity contribution in [1.29, 1.82) is 0 Å². The molecular weight excluding hydrogens is 440 g/mol. The lowest BCUT2D eigenvalue weighted by atomic mass is 10.0. The zero-order valence-corrected chi connectivity index (χ0v) is 21.9. The van der Waals surface area contributed by atoms with Crippen LogP contribution in [0.5, 0.6) is 11.5 Å². The number of benzene rings is 1. The molecule has 1 aliphatic rings. The molecule has 2 aromatic rings. The van der Waals surface area contributed by atoms with Crippen LogP contribution in [0, 0.1) is 0 Å². The molecule has 0 saturated heterocycles. The minimum atomic E-state index is -1.98. The molecule has 0 amide bonds. The van der Waals surface area contributed by atoms with Gasteiger partial charge in [-0.05, 0) is 66.5 Å².